The zero-order valence-electron chi connectivity index (χ0n) is 14.3. The van der Waals surface area contributed by atoms with E-state index in [0.29, 0.717) is 19.4 Å². The number of benzene rings is 2. The second-order valence-electron chi connectivity index (χ2n) is 6.31. The number of halogens is 3. The second-order valence-corrected chi connectivity index (χ2v) is 6.31. The van der Waals surface area contributed by atoms with Gasteiger partial charge in [0, 0.05) is 23.7 Å². The highest BCUT2D eigenvalue weighted by molar-refractivity contribution is 5.66. The van der Waals surface area contributed by atoms with Crippen LogP contribution in [-0.2, 0) is 9.47 Å². The van der Waals surface area contributed by atoms with Crippen LogP contribution in [-0.4, -0.2) is 19.5 Å². The van der Waals surface area contributed by atoms with Crippen molar-refractivity contribution < 1.29 is 22.6 Å². The van der Waals surface area contributed by atoms with E-state index in [9.17, 15) is 13.2 Å². The van der Waals surface area contributed by atoms with Gasteiger partial charge in [-0.25, -0.2) is 13.2 Å². The number of rotatable bonds is 4. The van der Waals surface area contributed by atoms with E-state index < -0.39 is 17.5 Å². The molecule has 0 aliphatic carbocycles. The third-order valence-electron chi connectivity index (χ3n) is 4.55. The zero-order valence-corrected chi connectivity index (χ0v) is 14.3. The van der Waals surface area contributed by atoms with Gasteiger partial charge in [-0.2, -0.15) is 0 Å². The lowest BCUT2D eigenvalue weighted by Gasteiger charge is -2.29. The Morgan fingerprint density at radius 2 is 1.80 bits per heavy atom. The van der Waals surface area contributed by atoms with Gasteiger partial charge in [0.25, 0.3) is 0 Å². The van der Waals surface area contributed by atoms with Crippen LogP contribution in [0.25, 0.3) is 11.1 Å². The Hall–Kier alpha value is -1.85. The van der Waals surface area contributed by atoms with Gasteiger partial charge >= 0.3 is 0 Å². The van der Waals surface area contributed by atoms with Crippen LogP contribution in [0.15, 0.2) is 30.3 Å². The summed E-state index contributed by atoms with van der Waals surface area (Å²) in [6, 6.07) is 7.42. The van der Waals surface area contributed by atoms with Crippen LogP contribution in [0.2, 0.25) is 0 Å². The van der Waals surface area contributed by atoms with E-state index in [2.05, 4.69) is 0 Å². The molecule has 2 aromatic rings. The SMILES string of the molecule is CCOC1CCC(c2ccc(-c3ccc(C)cc3F)c(F)c2F)CO1. The normalized spacial score (nSPS) is 20.7. The average molecular weight is 350 g/mol. The van der Waals surface area contributed by atoms with Crippen molar-refractivity contribution in [3.63, 3.8) is 0 Å². The lowest BCUT2D eigenvalue weighted by Crippen LogP contribution is -2.27. The molecule has 0 N–H and O–H groups in total. The largest absolute Gasteiger partial charge is 0.353 e. The fourth-order valence-corrected chi connectivity index (χ4v) is 3.22. The number of ether oxygens (including phenoxy) is 2. The summed E-state index contributed by atoms with van der Waals surface area (Å²) >= 11 is 0. The van der Waals surface area contributed by atoms with Gasteiger partial charge < -0.3 is 9.47 Å². The second kappa shape index (κ2) is 7.58. The van der Waals surface area contributed by atoms with Gasteiger partial charge in [0.15, 0.2) is 17.9 Å². The molecule has 0 bridgehead atoms. The van der Waals surface area contributed by atoms with Crippen molar-refractivity contribution in [1.82, 2.24) is 0 Å². The lowest BCUT2D eigenvalue weighted by molar-refractivity contribution is -0.164. The topological polar surface area (TPSA) is 18.5 Å². The molecule has 0 amide bonds. The van der Waals surface area contributed by atoms with Crippen molar-refractivity contribution in [3.8, 4) is 11.1 Å². The minimum absolute atomic E-state index is 0.0600. The van der Waals surface area contributed by atoms with Crippen LogP contribution in [0.3, 0.4) is 0 Å². The Bertz CT molecular complexity index is 753. The Balaban J connectivity index is 1.86. The van der Waals surface area contributed by atoms with E-state index in [1.54, 1.807) is 13.0 Å². The van der Waals surface area contributed by atoms with Gasteiger partial charge in [0.1, 0.15) is 5.82 Å². The van der Waals surface area contributed by atoms with Gasteiger partial charge in [-0.05, 0) is 43.9 Å². The molecule has 1 fully saturated rings. The standard InChI is InChI=1S/C20H21F3O2/c1-3-24-18-9-5-13(11-25-18)14-7-8-16(20(23)19(14)22)15-6-4-12(2)10-17(15)21/h4,6-8,10,13,18H,3,5,9,11H2,1-2H3. The number of hydrogen-bond donors (Lipinski definition) is 0. The van der Waals surface area contributed by atoms with E-state index in [-0.39, 0.29) is 35.5 Å². The number of aryl methyl sites for hydroxylation is 1. The quantitative estimate of drug-likeness (QED) is 0.741. The maximum atomic E-state index is 14.6. The van der Waals surface area contributed by atoms with E-state index in [1.165, 1.54) is 24.3 Å². The third-order valence-corrected chi connectivity index (χ3v) is 4.55. The first-order chi connectivity index (χ1) is 12.0. The molecule has 5 heteroatoms. The van der Waals surface area contributed by atoms with E-state index in [0.717, 1.165) is 5.56 Å². The predicted molar refractivity (Wildman–Crippen MR) is 89.8 cm³/mol. The molecule has 0 aromatic heterocycles. The van der Waals surface area contributed by atoms with Crippen LogP contribution in [0.5, 0.6) is 0 Å². The van der Waals surface area contributed by atoms with Crippen molar-refractivity contribution in [1.29, 1.82) is 0 Å². The maximum absolute atomic E-state index is 14.6. The molecule has 1 heterocycles. The molecular weight excluding hydrogens is 329 g/mol. The van der Waals surface area contributed by atoms with Gasteiger partial charge in [0.05, 0.1) is 6.61 Å². The first-order valence-electron chi connectivity index (χ1n) is 8.48. The molecule has 2 unspecified atom stereocenters. The molecule has 1 aliphatic heterocycles. The molecule has 0 saturated carbocycles. The smallest absolute Gasteiger partial charge is 0.167 e. The van der Waals surface area contributed by atoms with E-state index >= 15 is 0 Å². The van der Waals surface area contributed by atoms with Crippen molar-refractivity contribution in [2.45, 2.75) is 38.9 Å². The summed E-state index contributed by atoms with van der Waals surface area (Å²) in [6.07, 6.45) is 1.00. The summed E-state index contributed by atoms with van der Waals surface area (Å²) in [4.78, 5) is 0. The fraction of sp³-hybridized carbons (Fsp3) is 0.400. The Kier molecular flexibility index (Phi) is 5.45. The average Bonchev–Trinajstić information content (AvgIpc) is 2.59. The van der Waals surface area contributed by atoms with Crippen molar-refractivity contribution in [3.05, 3.63) is 58.9 Å². The highest BCUT2D eigenvalue weighted by Gasteiger charge is 2.27. The molecule has 1 aliphatic rings. The minimum Gasteiger partial charge on any atom is -0.353 e. The third kappa shape index (κ3) is 3.72. The Morgan fingerprint density at radius 1 is 1.04 bits per heavy atom. The van der Waals surface area contributed by atoms with E-state index in [4.69, 9.17) is 9.47 Å². The summed E-state index contributed by atoms with van der Waals surface area (Å²) in [5.41, 5.74) is 0.984. The highest BCUT2D eigenvalue weighted by atomic mass is 19.2. The van der Waals surface area contributed by atoms with Crippen LogP contribution in [0, 0.1) is 24.4 Å². The predicted octanol–water partition coefficient (Wildman–Crippen LogP) is 5.34. The van der Waals surface area contributed by atoms with Crippen molar-refractivity contribution >= 4 is 0 Å². The Labute approximate surface area is 145 Å². The molecule has 3 rings (SSSR count). The lowest BCUT2D eigenvalue weighted by atomic mass is 9.90. The molecule has 134 valence electrons. The molecule has 25 heavy (non-hydrogen) atoms. The summed E-state index contributed by atoms with van der Waals surface area (Å²) in [6.45, 7) is 4.45. The number of hydrogen-bond acceptors (Lipinski definition) is 2. The molecule has 0 spiro atoms. The Morgan fingerprint density at radius 3 is 2.44 bits per heavy atom. The monoisotopic (exact) mass is 350 g/mol. The molecular formula is C20H21F3O2. The maximum Gasteiger partial charge on any atom is 0.167 e. The summed E-state index contributed by atoms with van der Waals surface area (Å²) in [5.74, 6) is -2.75. The van der Waals surface area contributed by atoms with Crippen molar-refractivity contribution in [2.24, 2.45) is 0 Å². The van der Waals surface area contributed by atoms with Crippen molar-refractivity contribution in [2.75, 3.05) is 13.2 Å². The van der Waals surface area contributed by atoms with Gasteiger partial charge in [0.2, 0.25) is 0 Å². The molecule has 0 radical (unpaired) electrons. The fourth-order valence-electron chi connectivity index (χ4n) is 3.22. The molecule has 2 nitrogen and oxygen atoms in total. The van der Waals surface area contributed by atoms with Gasteiger partial charge in [-0.1, -0.05) is 24.3 Å². The van der Waals surface area contributed by atoms with Crippen LogP contribution < -0.4 is 0 Å². The van der Waals surface area contributed by atoms with Gasteiger partial charge in [-0.15, -0.1) is 0 Å². The highest BCUT2D eigenvalue weighted by Crippen LogP contribution is 2.35. The summed E-state index contributed by atoms with van der Waals surface area (Å²) in [7, 11) is 0. The molecule has 2 aromatic carbocycles. The van der Waals surface area contributed by atoms with Crippen LogP contribution >= 0.6 is 0 Å². The first-order valence-corrected chi connectivity index (χ1v) is 8.48. The molecule has 1 saturated heterocycles. The summed E-state index contributed by atoms with van der Waals surface area (Å²) in [5, 5.41) is 0. The van der Waals surface area contributed by atoms with Crippen LogP contribution in [0.1, 0.15) is 36.8 Å². The van der Waals surface area contributed by atoms with Crippen LogP contribution in [0.4, 0.5) is 13.2 Å². The summed E-state index contributed by atoms with van der Waals surface area (Å²) < 4.78 is 54.2. The first kappa shape index (κ1) is 18.0. The molecule has 2 atom stereocenters. The van der Waals surface area contributed by atoms with Gasteiger partial charge in [-0.3, -0.25) is 0 Å². The zero-order chi connectivity index (χ0) is 18.0. The van der Waals surface area contributed by atoms with E-state index in [1.807, 2.05) is 6.92 Å². The minimum atomic E-state index is -1.02.